The Balaban J connectivity index is 2.03. The number of hydrogen-bond donors (Lipinski definition) is 0. The molecule has 0 saturated heterocycles. The zero-order valence-corrected chi connectivity index (χ0v) is 16.6. The highest BCUT2D eigenvalue weighted by Crippen LogP contribution is 2.67. The number of imidazole rings is 1. The Morgan fingerprint density at radius 1 is 1.04 bits per heavy atom. The molecule has 27 heavy (non-hydrogen) atoms. The second kappa shape index (κ2) is 4.09. The Morgan fingerprint density at radius 2 is 1.78 bits per heavy atom. The van der Waals surface area contributed by atoms with Crippen molar-refractivity contribution in [3.05, 3.63) is 66.0 Å². The van der Waals surface area contributed by atoms with Gasteiger partial charge in [0.05, 0.1) is 16.3 Å². The van der Waals surface area contributed by atoms with Gasteiger partial charge >= 0.3 is 0 Å². The van der Waals surface area contributed by atoms with Crippen LogP contribution in [0.1, 0.15) is 46.0 Å². The van der Waals surface area contributed by atoms with Gasteiger partial charge in [-0.25, -0.2) is 9.55 Å². The van der Waals surface area contributed by atoms with Gasteiger partial charge in [0.1, 0.15) is 5.54 Å². The lowest BCUT2D eigenvalue weighted by Crippen LogP contribution is -2.51. The van der Waals surface area contributed by atoms with E-state index in [0.29, 0.717) is 0 Å². The predicted molar refractivity (Wildman–Crippen MR) is 109 cm³/mol. The van der Waals surface area contributed by atoms with Gasteiger partial charge in [-0.2, -0.15) is 4.40 Å². The second-order valence-corrected chi connectivity index (χ2v) is 9.54. The van der Waals surface area contributed by atoms with Gasteiger partial charge < -0.3 is 0 Å². The molecule has 1 aliphatic carbocycles. The molecule has 2 aromatic heterocycles. The van der Waals surface area contributed by atoms with Crippen molar-refractivity contribution in [1.82, 2.24) is 9.38 Å². The first-order valence-corrected chi connectivity index (χ1v) is 9.71. The third kappa shape index (κ3) is 1.39. The van der Waals surface area contributed by atoms with Gasteiger partial charge in [-0.15, -0.1) is 0 Å². The standard InChI is InChI=1S/C24H24N3/c1-14-23(5)15-10-9-11-16-19(15)20-26(21(25-16)22(2,3)4)17-12-7-8-13-18(17)27(20)24(14,23)6/h7-13H,1H2,2-6H3/q+1. The molecule has 4 aromatic rings. The molecule has 0 spiro atoms. The van der Waals surface area contributed by atoms with Crippen molar-refractivity contribution in [3.8, 4) is 0 Å². The van der Waals surface area contributed by atoms with E-state index in [1.807, 2.05) is 0 Å². The molecule has 2 unspecified atom stereocenters. The van der Waals surface area contributed by atoms with E-state index in [2.05, 4.69) is 92.6 Å². The highest BCUT2D eigenvalue weighted by atomic mass is 15.3. The molecule has 1 saturated carbocycles. The Morgan fingerprint density at radius 3 is 2.52 bits per heavy atom. The van der Waals surface area contributed by atoms with E-state index >= 15 is 0 Å². The van der Waals surface area contributed by atoms with E-state index in [4.69, 9.17) is 4.98 Å². The minimum Gasteiger partial charge on any atom is -0.212 e. The molecule has 0 amide bonds. The van der Waals surface area contributed by atoms with Crippen molar-refractivity contribution in [3.63, 3.8) is 0 Å². The Hall–Kier alpha value is -2.68. The van der Waals surface area contributed by atoms with Crippen LogP contribution in [0.5, 0.6) is 0 Å². The van der Waals surface area contributed by atoms with Crippen LogP contribution in [0, 0.1) is 0 Å². The van der Waals surface area contributed by atoms with Crippen LogP contribution >= 0.6 is 0 Å². The molecule has 134 valence electrons. The van der Waals surface area contributed by atoms with Crippen molar-refractivity contribution in [2.75, 3.05) is 0 Å². The van der Waals surface area contributed by atoms with Crippen molar-refractivity contribution in [2.24, 2.45) is 0 Å². The summed E-state index contributed by atoms with van der Waals surface area (Å²) in [6.07, 6.45) is 0. The van der Waals surface area contributed by atoms with E-state index in [0.717, 1.165) is 11.3 Å². The highest BCUT2D eigenvalue weighted by molar-refractivity contribution is 5.99. The molecule has 2 aromatic carbocycles. The van der Waals surface area contributed by atoms with E-state index in [1.165, 1.54) is 33.2 Å². The third-order valence-electron chi connectivity index (χ3n) is 7.25. The largest absolute Gasteiger partial charge is 0.299 e. The van der Waals surface area contributed by atoms with E-state index in [9.17, 15) is 0 Å². The molecule has 1 fully saturated rings. The summed E-state index contributed by atoms with van der Waals surface area (Å²) in [6, 6.07) is 15.3. The maximum absolute atomic E-state index is 5.18. The van der Waals surface area contributed by atoms with Gasteiger partial charge in [0.25, 0.3) is 5.65 Å². The van der Waals surface area contributed by atoms with Crippen LogP contribution in [-0.4, -0.2) is 9.38 Å². The van der Waals surface area contributed by atoms with E-state index in [1.54, 1.807) is 0 Å². The Labute approximate surface area is 159 Å². The van der Waals surface area contributed by atoms with Gasteiger partial charge in [0.2, 0.25) is 5.82 Å². The van der Waals surface area contributed by atoms with Gasteiger partial charge in [-0.1, -0.05) is 51.6 Å². The smallest absolute Gasteiger partial charge is 0.212 e. The average Bonchev–Trinajstić information content (AvgIpc) is 2.95. The number of nitrogens with zero attached hydrogens (tertiary/aromatic N) is 3. The van der Waals surface area contributed by atoms with Crippen LogP contribution in [0.25, 0.3) is 27.6 Å². The fourth-order valence-electron chi connectivity index (χ4n) is 5.56. The Bertz CT molecular complexity index is 1350. The summed E-state index contributed by atoms with van der Waals surface area (Å²) < 4.78 is 4.94. The fourth-order valence-corrected chi connectivity index (χ4v) is 5.56. The maximum Gasteiger partial charge on any atom is 0.299 e. The average molecular weight is 354 g/mol. The fraction of sp³-hybridized carbons (Fsp3) is 0.333. The first-order valence-electron chi connectivity index (χ1n) is 9.71. The lowest BCUT2D eigenvalue weighted by atomic mass is 9.87. The van der Waals surface area contributed by atoms with Crippen molar-refractivity contribution in [1.29, 1.82) is 0 Å². The molecule has 3 heterocycles. The molecule has 0 radical (unpaired) electrons. The van der Waals surface area contributed by atoms with E-state index in [-0.39, 0.29) is 16.4 Å². The normalized spacial score (nSPS) is 26.3. The molecule has 0 N–H and O–H groups in total. The Kier molecular flexibility index (Phi) is 2.33. The minimum absolute atomic E-state index is 0.0419. The molecular weight excluding hydrogens is 330 g/mol. The van der Waals surface area contributed by atoms with Crippen LogP contribution in [0.4, 0.5) is 0 Å². The molecule has 2 aliphatic rings. The van der Waals surface area contributed by atoms with Crippen LogP contribution in [0.2, 0.25) is 0 Å². The monoisotopic (exact) mass is 354 g/mol. The van der Waals surface area contributed by atoms with Gasteiger partial charge in [0.15, 0.2) is 11.0 Å². The van der Waals surface area contributed by atoms with Crippen LogP contribution in [0.3, 0.4) is 0 Å². The quantitative estimate of drug-likeness (QED) is 0.329. The summed E-state index contributed by atoms with van der Waals surface area (Å²) in [4.78, 5) is 5.18. The molecule has 2 atom stereocenters. The zero-order chi connectivity index (χ0) is 18.9. The van der Waals surface area contributed by atoms with Gasteiger partial charge in [-0.3, -0.25) is 0 Å². The van der Waals surface area contributed by atoms with Crippen molar-refractivity contribution >= 4 is 27.6 Å². The molecular formula is C24H24N3+. The summed E-state index contributed by atoms with van der Waals surface area (Å²) in [5.74, 6) is 1.11. The molecule has 1 aliphatic heterocycles. The summed E-state index contributed by atoms with van der Waals surface area (Å²) in [7, 11) is 0. The van der Waals surface area contributed by atoms with Crippen molar-refractivity contribution in [2.45, 2.75) is 51.0 Å². The lowest BCUT2D eigenvalue weighted by molar-refractivity contribution is -0.688. The van der Waals surface area contributed by atoms with Crippen molar-refractivity contribution < 1.29 is 4.57 Å². The summed E-state index contributed by atoms with van der Waals surface area (Å²) in [6.45, 7) is 16.0. The summed E-state index contributed by atoms with van der Waals surface area (Å²) in [5, 5.41) is 1.28. The number of para-hydroxylation sites is 2. The first-order chi connectivity index (χ1) is 12.7. The number of rotatable bonds is 0. The summed E-state index contributed by atoms with van der Waals surface area (Å²) in [5.41, 5.74) is 7.30. The number of hydrogen-bond acceptors (Lipinski definition) is 1. The number of benzene rings is 2. The van der Waals surface area contributed by atoms with Crippen LogP contribution in [0.15, 0.2) is 54.6 Å². The lowest BCUT2D eigenvalue weighted by Gasteiger charge is -2.24. The highest BCUT2D eigenvalue weighted by Gasteiger charge is 2.74. The summed E-state index contributed by atoms with van der Waals surface area (Å²) >= 11 is 0. The molecule has 0 bridgehead atoms. The number of fused-ring (bicyclic) bond motifs is 6. The first kappa shape index (κ1) is 15.4. The molecule has 3 nitrogen and oxygen atoms in total. The maximum atomic E-state index is 5.18. The molecule has 6 rings (SSSR count). The second-order valence-electron chi connectivity index (χ2n) is 9.54. The zero-order valence-electron chi connectivity index (χ0n) is 16.6. The van der Waals surface area contributed by atoms with Crippen LogP contribution < -0.4 is 4.57 Å². The topological polar surface area (TPSA) is 21.2 Å². The van der Waals surface area contributed by atoms with Gasteiger partial charge in [-0.05, 0) is 43.2 Å². The van der Waals surface area contributed by atoms with E-state index < -0.39 is 0 Å². The predicted octanol–water partition coefficient (Wildman–Crippen LogP) is 4.78. The molecule has 3 heteroatoms. The number of allylic oxidation sites excluding steroid dienone is 1. The SMILES string of the molecule is C=C1C2(C)c3cccc4nc(C(C)(C)C)n5c6ccccc6[n+](c5c34)C12C. The van der Waals surface area contributed by atoms with Crippen LogP contribution in [-0.2, 0) is 16.4 Å². The number of aromatic nitrogens is 3. The minimum atomic E-state index is -0.0981. The van der Waals surface area contributed by atoms with Gasteiger partial charge in [0, 0.05) is 5.41 Å². The third-order valence-corrected chi connectivity index (χ3v) is 7.25.